The van der Waals surface area contributed by atoms with Crippen molar-refractivity contribution in [2.75, 3.05) is 0 Å². The van der Waals surface area contributed by atoms with Gasteiger partial charge in [0.25, 0.3) is 5.91 Å². The van der Waals surface area contributed by atoms with Gasteiger partial charge in [-0.25, -0.2) is 9.50 Å². The molecule has 0 aliphatic heterocycles. The number of nitrogens with zero attached hydrogens (tertiary/aromatic N) is 4. The molecule has 9 heteroatoms. The number of H-pyrrole nitrogens is 1. The molecule has 2 N–H and O–H groups in total. The number of amides is 1. The number of fused-ring (bicyclic) bond motifs is 1. The Morgan fingerprint density at radius 1 is 1.38 bits per heavy atom. The van der Waals surface area contributed by atoms with Gasteiger partial charge in [-0.05, 0) is 25.1 Å². The second kappa shape index (κ2) is 6.96. The SMILES string of the molecule is C[C@@H](NC(=O)c1cc(COc2ccccc2)[nH]n1)c1cn2ncsc2n1. The van der Waals surface area contributed by atoms with Crippen LogP contribution in [0.4, 0.5) is 0 Å². The fraction of sp³-hybridized carbons (Fsp3) is 0.176. The summed E-state index contributed by atoms with van der Waals surface area (Å²) in [6.07, 6.45) is 1.81. The van der Waals surface area contributed by atoms with E-state index in [0.717, 1.165) is 22.1 Å². The molecule has 4 rings (SSSR count). The highest BCUT2D eigenvalue weighted by Crippen LogP contribution is 2.16. The molecule has 8 nitrogen and oxygen atoms in total. The molecular formula is C17H16N6O2S. The molecule has 0 bridgehead atoms. The summed E-state index contributed by atoms with van der Waals surface area (Å²) in [7, 11) is 0. The normalized spacial score (nSPS) is 12.2. The Labute approximate surface area is 152 Å². The largest absolute Gasteiger partial charge is 0.487 e. The molecule has 0 spiro atoms. The fourth-order valence-corrected chi connectivity index (χ4v) is 3.05. The minimum Gasteiger partial charge on any atom is -0.487 e. The minimum atomic E-state index is -0.274. The predicted molar refractivity (Wildman–Crippen MR) is 96.1 cm³/mol. The average molecular weight is 368 g/mol. The van der Waals surface area contributed by atoms with Crippen LogP contribution in [-0.2, 0) is 6.61 Å². The quantitative estimate of drug-likeness (QED) is 0.545. The van der Waals surface area contributed by atoms with Crippen LogP contribution in [0.3, 0.4) is 0 Å². The number of rotatable bonds is 6. The lowest BCUT2D eigenvalue weighted by Crippen LogP contribution is -2.27. The van der Waals surface area contributed by atoms with E-state index in [9.17, 15) is 4.79 Å². The second-order valence-electron chi connectivity index (χ2n) is 5.71. The molecule has 0 unspecified atom stereocenters. The molecule has 4 aromatic rings. The summed E-state index contributed by atoms with van der Waals surface area (Å²) in [6.45, 7) is 2.18. The van der Waals surface area contributed by atoms with Crippen LogP contribution < -0.4 is 10.1 Å². The summed E-state index contributed by atoms with van der Waals surface area (Å²) >= 11 is 1.44. The molecule has 3 heterocycles. The van der Waals surface area contributed by atoms with Crippen LogP contribution in [0, 0.1) is 0 Å². The molecule has 0 fully saturated rings. The van der Waals surface area contributed by atoms with Gasteiger partial charge in [0, 0.05) is 0 Å². The molecule has 0 aliphatic carbocycles. The number of carbonyl (C=O) groups excluding carboxylic acids is 1. The van der Waals surface area contributed by atoms with Crippen LogP contribution >= 0.6 is 11.3 Å². The number of imidazole rings is 1. The first-order valence-electron chi connectivity index (χ1n) is 8.01. The first-order chi connectivity index (χ1) is 12.7. The van der Waals surface area contributed by atoms with Crippen molar-refractivity contribution in [2.45, 2.75) is 19.6 Å². The number of carbonyl (C=O) groups is 1. The number of aromatic amines is 1. The van der Waals surface area contributed by atoms with Crippen LogP contribution in [0.25, 0.3) is 4.96 Å². The van der Waals surface area contributed by atoms with Gasteiger partial charge in [-0.3, -0.25) is 9.89 Å². The summed E-state index contributed by atoms with van der Waals surface area (Å²) in [6, 6.07) is 10.9. The first kappa shape index (κ1) is 16.3. The van der Waals surface area contributed by atoms with Crippen molar-refractivity contribution in [3.63, 3.8) is 0 Å². The van der Waals surface area contributed by atoms with E-state index in [4.69, 9.17) is 4.74 Å². The zero-order valence-electron chi connectivity index (χ0n) is 13.9. The molecule has 132 valence electrons. The summed E-state index contributed by atoms with van der Waals surface area (Å²) < 4.78 is 7.33. The highest BCUT2D eigenvalue weighted by molar-refractivity contribution is 7.14. The molecule has 26 heavy (non-hydrogen) atoms. The van der Waals surface area contributed by atoms with E-state index >= 15 is 0 Å². The van der Waals surface area contributed by atoms with E-state index in [-0.39, 0.29) is 11.9 Å². The minimum absolute atomic E-state index is 0.253. The molecule has 0 saturated heterocycles. The third kappa shape index (κ3) is 3.42. The Morgan fingerprint density at radius 2 is 2.23 bits per heavy atom. The van der Waals surface area contributed by atoms with E-state index in [1.165, 1.54) is 11.3 Å². The molecule has 1 amide bonds. The Balaban J connectivity index is 1.37. The zero-order valence-corrected chi connectivity index (χ0v) is 14.7. The Hall–Kier alpha value is -3.20. The predicted octanol–water partition coefficient (Wildman–Crippen LogP) is 2.58. The lowest BCUT2D eigenvalue weighted by molar-refractivity contribution is 0.0934. The lowest BCUT2D eigenvalue weighted by Gasteiger charge is -2.09. The number of nitrogens with one attached hydrogen (secondary N) is 2. The van der Waals surface area contributed by atoms with Crippen molar-refractivity contribution in [2.24, 2.45) is 0 Å². The third-order valence-corrected chi connectivity index (χ3v) is 4.49. The maximum absolute atomic E-state index is 12.4. The maximum Gasteiger partial charge on any atom is 0.272 e. The third-order valence-electron chi connectivity index (χ3n) is 3.80. The van der Waals surface area contributed by atoms with Gasteiger partial charge < -0.3 is 10.1 Å². The van der Waals surface area contributed by atoms with Crippen molar-refractivity contribution < 1.29 is 9.53 Å². The first-order valence-corrected chi connectivity index (χ1v) is 8.89. The second-order valence-corrected chi connectivity index (χ2v) is 6.52. The average Bonchev–Trinajstić information content (AvgIpc) is 3.36. The Morgan fingerprint density at radius 3 is 3.04 bits per heavy atom. The van der Waals surface area contributed by atoms with E-state index < -0.39 is 0 Å². The maximum atomic E-state index is 12.4. The number of hydrogen-bond acceptors (Lipinski definition) is 6. The fourth-order valence-electron chi connectivity index (χ4n) is 2.44. The van der Waals surface area contributed by atoms with Crippen molar-refractivity contribution in [1.29, 1.82) is 0 Å². The standard InChI is InChI=1S/C17H16N6O2S/c1-11(15-8-23-17(20-15)26-10-18-23)19-16(24)14-7-12(21-22-14)9-25-13-5-3-2-4-6-13/h2-8,10-11H,9H2,1H3,(H,19,24)(H,21,22)/t11-/m1/s1. The van der Waals surface area contributed by atoms with Crippen LogP contribution in [0.15, 0.2) is 48.1 Å². The zero-order chi connectivity index (χ0) is 17.9. The molecule has 0 saturated carbocycles. The molecule has 0 radical (unpaired) electrons. The molecule has 1 aromatic carbocycles. The van der Waals surface area contributed by atoms with Crippen LogP contribution in [0.1, 0.15) is 34.8 Å². The number of benzene rings is 1. The highest BCUT2D eigenvalue weighted by atomic mass is 32.1. The van der Waals surface area contributed by atoms with Crippen molar-refractivity contribution in [1.82, 2.24) is 30.1 Å². The number of hydrogen-bond donors (Lipinski definition) is 2. The van der Waals surface area contributed by atoms with Gasteiger partial charge in [0.2, 0.25) is 4.96 Å². The van der Waals surface area contributed by atoms with Crippen molar-refractivity contribution in [3.05, 3.63) is 65.2 Å². The summed E-state index contributed by atoms with van der Waals surface area (Å²) in [5.41, 5.74) is 3.50. The summed E-state index contributed by atoms with van der Waals surface area (Å²) in [5, 5.41) is 13.9. The van der Waals surface area contributed by atoms with Crippen molar-refractivity contribution >= 4 is 22.2 Å². The smallest absolute Gasteiger partial charge is 0.272 e. The topological polar surface area (TPSA) is 97.2 Å². The van der Waals surface area contributed by atoms with Crippen LogP contribution in [0.2, 0.25) is 0 Å². The van der Waals surface area contributed by atoms with Gasteiger partial charge in [-0.1, -0.05) is 29.5 Å². The lowest BCUT2D eigenvalue weighted by atomic mass is 10.2. The Bertz CT molecular complexity index is 994. The number of para-hydroxylation sites is 1. The van der Waals surface area contributed by atoms with E-state index in [0.29, 0.717) is 12.3 Å². The van der Waals surface area contributed by atoms with Crippen LogP contribution in [-0.4, -0.2) is 30.7 Å². The summed E-state index contributed by atoms with van der Waals surface area (Å²) in [4.78, 5) is 17.6. The van der Waals surface area contributed by atoms with Crippen molar-refractivity contribution in [3.8, 4) is 5.75 Å². The van der Waals surface area contributed by atoms with Gasteiger partial charge in [-0.2, -0.15) is 10.2 Å². The molecule has 1 atom stereocenters. The van der Waals surface area contributed by atoms with Gasteiger partial charge in [0.1, 0.15) is 23.6 Å². The van der Waals surface area contributed by atoms with E-state index in [1.807, 2.05) is 37.3 Å². The van der Waals surface area contributed by atoms with E-state index in [1.54, 1.807) is 22.3 Å². The molecule has 3 aromatic heterocycles. The Kier molecular flexibility index (Phi) is 4.36. The number of ether oxygens (including phenoxy) is 1. The molecule has 0 aliphatic rings. The number of aromatic nitrogens is 5. The van der Waals surface area contributed by atoms with Gasteiger partial charge >= 0.3 is 0 Å². The van der Waals surface area contributed by atoms with Gasteiger partial charge in [0.15, 0.2) is 0 Å². The highest BCUT2D eigenvalue weighted by Gasteiger charge is 2.17. The van der Waals surface area contributed by atoms with E-state index in [2.05, 4.69) is 25.6 Å². The summed E-state index contributed by atoms with van der Waals surface area (Å²) in [5.74, 6) is 0.485. The molecular weight excluding hydrogens is 352 g/mol. The van der Waals surface area contributed by atoms with Crippen LogP contribution in [0.5, 0.6) is 5.75 Å². The van der Waals surface area contributed by atoms with Gasteiger partial charge in [0.05, 0.1) is 23.6 Å². The monoisotopic (exact) mass is 368 g/mol. The van der Waals surface area contributed by atoms with Gasteiger partial charge in [-0.15, -0.1) is 0 Å².